The second-order valence-electron chi connectivity index (χ2n) is 5.76. The number of hydrogen-bond donors (Lipinski definition) is 0. The summed E-state index contributed by atoms with van der Waals surface area (Å²) < 4.78 is 38.1. The fourth-order valence-corrected chi connectivity index (χ4v) is 4.59. The minimum Gasteiger partial charge on any atom is -0.352 e. The number of piperazine rings is 1. The predicted molar refractivity (Wildman–Crippen MR) is 93.7 cm³/mol. The zero-order chi connectivity index (χ0) is 17.6. The van der Waals surface area contributed by atoms with Crippen molar-refractivity contribution in [2.45, 2.75) is 13.1 Å². The van der Waals surface area contributed by atoms with Gasteiger partial charge in [-0.2, -0.15) is 13.2 Å². The number of aryl methyl sites for hydroxylation is 1. The number of alkyl halides is 3. The smallest absolute Gasteiger partial charge is 0.352 e. The molecule has 0 bridgehead atoms. The summed E-state index contributed by atoms with van der Waals surface area (Å²) in [5.41, 5.74) is -0.818. The van der Waals surface area contributed by atoms with Crippen molar-refractivity contribution < 1.29 is 13.2 Å². The Hall–Kier alpha value is -1.94. The third-order valence-corrected chi connectivity index (χ3v) is 5.92. The van der Waals surface area contributed by atoms with E-state index in [1.165, 1.54) is 4.88 Å². The van der Waals surface area contributed by atoms with Crippen LogP contribution >= 0.6 is 22.7 Å². The van der Waals surface area contributed by atoms with Crippen LogP contribution in [-0.4, -0.2) is 41.1 Å². The lowest BCUT2D eigenvalue weighted by molar-refractivity contribution is -0.140. The van der Waals surface area contributed by atoms with Crippen LogP contribution in [-0.2, 0) is 6.18 Å². The topological polar surface area (TPSA) is 45.2 Å². The van der Waals surface area contributed by atoms with E-state index < -0.39 is 11.9 Å². The molecule has 0 atom stereocenters. The van der Waals surface area contributed by atoms with E-state index in [9.17, 15) is 13.2 Å². The standard InChI is InChI=1S/C15H14F3N5S2/c1-9-6-10-12(19-8-20-13(10)25-9)22-2-4-23(5-3-22)14-21-11(7-24-14)15(16,17)18/h6-8H,2-5H2,1H3. The Labute approximate surface area is 149 Å². The zero-order valence-electron chi connectivity index (χ0n) is 13.2. The summed E-state index contributed by atoms with van der Waals surface area (Å²) in [5.74, 6) is 0.893. The molecule has 0 aliphatic carbocycles. The molecule has 1 aliphatic rings. The van der Waals surface area contributed by atoms with Crippen molar-refractivity contribution in [3.05, 3.63) is 28.3 Å². The molecule has 132 valence electrons. The SMILES string of the molecule is Cc1cc2c(N3CCN(c4nc(C(F)(F)F)cs4)CC3)ncnc2s1. The van der Waals surface area contributed by atoms with Crippen LogP contribution in [0.1, 0.15) is 10.6 Å². The molecule has 0 N–H and O–H groups in total. The van der Waals surface area contributed by atoms with Gasteiger partial charge in [-0.05, 0) is 13.0 Å². The maximum absolute atomic E-state index is 12.7. The van der Waals surface area contributed by atoms with Gasteiger partial charge in [0.25, 0.3) is 0 Å². The van der Waals surface area contributed by atoms with Crippen LogP contribution in [0.25, 0.3) is 10.2 Å². The van der Waals surface area contributed by atoms with E-state index in [0.29, 0.717) is 31.3 Å². The number of hydrogen-bond acceptors (Lipinski definition) is 7. The minimum absolute atomic E-state index is 0.422. The fraction of sp³-hybridized carbons (Fsp3) is 0.400. The lowest BCUT2D eigenvalue weighted by atomic mass is 10.2. The maximum atomic E-state index is 12.7. The summed E-state index contributed by atoms with van der Waals surface area (Å²) in [4.78, 5) is 18.6. The van der Waals surface area contributed by atoms with Gasteiger partial charge in [-0.3, -0.25) is 0 Å². The number of fused-ring (bicyclic) bond motifs is 1. The van der Waals surface area contributed by atoms with Gasteiger partial charge in [-0.15, -0.1) is 22.7 Å². The fourth-order valence-electron chi connectivity index (χ4n) is 2.86. The first kappa shape index (κ1) is 16.5. The molecule has 25 heavy (non-hydrogen) atoms. The number of thiophene rings is 1. The second-order valence-corrected chi connectivity index (χ2v) is 7.83. The van der Waals surface area contributed by atoms with E-state index in [1.54, 1.807) is 17.7 Å². The minimum atomic E-state index is -4.39. The first-order valence-corrected chi connectivity index (χ1v) is 9.35. The highest BCUT2D eigenvalue weighted by molar-refractivity contribution is 7.18. The Kier molecular flexibility index (Phi) is 4.03. The second kappa shape index (κ2) is 6.10. The van der Waals surface area contributed by atoms with Crippen LogP contribution in [0.3, 0.4) is 0 Å². The molecule has 10 heteroatoms. The molecule has 0 unspecified atom stereocenters. The van der Waals surface area contributed by atoms with Crippen molar-refractivity contribution in [3.63, 3.8) is 0 Å². The van der Waals surface area contributed by atoms with Gasteiger partial charge in [-0.1, -0.05) is 0 Å². The Bertz CT molecular complexity index is 896. The molecule has 0 saturated carbocycles. The van der Waals surface area contributed by atoms with E-state index in [-0.39, 0.29) is 0 Å². The number of nitrogens with zero attached hydrogens (tertiary/aromatic N) is 5. The molecule has 0 radical (unpaired) electrons. The van der Waals surface area contributed by atoms with Crippen LogP contribution in [0, 0.1) is 6.92 Å². The average molecular weight is 385 g/mol. The molecule has 1 aliphatic heterocycles. The molecule has 1 fully saturated rings. The van der Waals surface area contributed by atoms with Crippen LogP contribution in [0.4, 0.5) is 24.1 Å². The summed E-state index contributed by atoms with van der Waals surface area (Å²) >= 11 is 2.67. The molecule has 3 aromatic heterocycles. The summed E-state index contributed by atoms with van der Waals surface area (Å²) in [7, 11) is 0. The predicted octanol–water partition coefficient (Wildman–Crippen LogP) is 3.80. The first-order valence-electron chi connectivity index (χ1n) is 7.65. The van der Waals surface area contributed by atoms with Crippen LogP contribution < -0.4 is 9.80 Å². The lowest BCUT2D eigenvalue weighted by Crippen LogP contribution is -2.46. The van der Waals surface area contributed by atoms with E-state index in [1.807, 2.05) is 11.8 Å². The summed E-state index contributed by atoms with van der Waals surface area (Å²) in [6, 6.07) is 2.08. The van der Waals surface area contributed by atoms with Crippen molar-refractivity contribution >= 4 is 43.8 Å². The van der Waals surface area contributed by atoms with Crippen LogP contribution in [0.5, 0.6) is 0 Å². The molecule has 4 rings (SSSR count). The Morgan fingerprint density at radius 1 is 1.08 bits per heavy atom. The van der Waals surface area contributed by atoms with Gasteiger partial charge in [0, 0.05) is 36.4 Å². The van der Waals surface area contributed by atoms with E-state index >= 15 is 0 Å². The number of thiazole rings is 1. The van der Waals surface area contributed by atoms with E-state index in [4.69, 9.17) is 0 Å². The molecule has 5 nitrogen and oxygen atoms in total. The molecular formula is C15H14F3N5S2. The molecule has 3 aromatic rings. The molecular weight excluding hydrogens is 371 g/mol. The Morgan fingerprint density at radius 3 is 2.48 bits per heavy atom. The summed E-state index contributed by atoms with van der Waals surface area (Å²) in [5, 5.41) is 2.53. The maximum Gasteiger partial charge on any atom is 0.434 e. The van der Waals surface area contributed by atoms with Gasteiger partial charge in [0.05, 0.1) is 5.39 Å². The van der Waals surface area contributed by atoms with Crippen molar-refractivity contribution in [2.75, 3.05) is 36.0 Å². The average Bonchev–Trinajstić information content (AvgIpc) is 3.20. The normalized spacial score (nSPS) is 16.0. The van der Waals surface area contributed by atoms with Gasteiger partial charge >= 0.3 is 6.18 Å². The highest BCUT2D eigenvalue weighted by Gasteiger charge is 2.34. The van der Waals surface area contributed by atoms with E-state index in [2.05, 4.69) is 25.9 Å². The van der Waals surface area contributed by atoms with Gasteiger partial charge in [0.15, 0.2) is 10.8 Å². The summed E-state index contributed by atoms with van der Waals surface area (Å²) in [6.45, 7) is 4.62. The number of halogens is 3. The van der Waals surface area contributed by atoms with Crippen molar-refractivity contribution in [3.8, 4) is 0 Å². The van der Waals surface area contributed by atoms with Crippen molar-refractivity contribution in [1.82, 2.24) is 15.0 Å². The molecule has 4 heterocycles. The third kappa shape index (κ3) is 3.15. The van der Waals surface area contributed by atoms with Gasteiger partial charge in [0.1, 0.15) is 17.0 Å². The zero-order valence-corrected chi connectivity index (χ0v) is 14.9. The summed E-state index contributed by atoms with van der Waals surface area (Å²) in [6.07, 6.45) is -2.82. The van der Waals surface area contributed by atoms with Crippen molar-refractivity contribution in [2.24, 2.45) is 0 Å². The quantitative estimate of drug-likeness (QED) is 0.671. The number of anilines is 2. The molecule has 1 saturated heterocycles. The number of rotatable bonds is 2. The van der Waals surface area contributed by atoms with Crippen molar-refractivity contribution in [1.29, 1.82) is 0 Å². The molecule has 0 amide bonds. The van der Waals surface area contributed by atoms with Gasteiger partial charge in [0.2, 0.25) is 0 Å². The lowest BCUT2D eigenvalue weighted by Gasteiger charge is -2.35. The number of aromatic nitrogens is 3. The Balaban J connectivity index is 1.50. The third-order valence-electron chi connectivity index (χ3n) is 4.06. The molecule has 0 spiro atoms. The van der Waals surface area contributed by atoms with E-state index in [0.717, 1.165) is 32.8 Å². The monoisotopic (exact) mass is 385 g/mol. The highest BCUT2D eigenvalue weighted by atomic mass is 32.1. The van der Waals surface area contributed by atoms with Gasteiger partial charge < -0.3 is 9.80 Å². The molecule has 0 aromatic carbocycles. The van der Waals surface area contributed by atoms with Crippen LogP contribution in [0.15, 0.2) is 17.8 Å². The first-order chi connectivity index (χ1) is 11.9. The highest BCUT2D eigenvalue weighted by Crippen LogP contribution is 2.34. The van der Waals surface area contributed by atoms with Gasteiger partial charge in [-0.25, -0.2) is 15.0 Å². The van der Waals surface area contributed by atoms with Crippen LogP contribution in [0.2, 0.25) is 0 Å². The largest absolute Gasteiger partial charge is 0.434 e. The Morgan fingerprint density at radius 2 is 1.80 bits per heavy atom.